The molecule has 6 heteroatoms. The van der Waals surface area contributed by atoms with Gasteiger partial charge in [0, 0.05) is 12.8 Å². The van der Waals surface area contributed by atoms with Crippen molar-refractivity contribution in [2.45, 2.75) is 450 Å². The summed E-state index contributed by atoms with van der Waals surface area (Å²) in [5.74, 6) is -0.0180. The fraction of sp³-hybridized carbons (Fsp3) is 0.923. The van der Waals surface area contributed by atoms with Crippen molar-refractivity contribution in [3.05, 3.63) is 24.3 Å². The zero-order chi connectivity index (χ0) is 60.6. The van der Waals surface area contributed by atoms with Gasteiger partial charge in [0.15, 0.2) is 0 Å². The first kappa shape index (κ1) is 82.3. The number of esters is 1. The third-order valence-electron chi connectivity index (χ3n) is 18.2. The number of unbranched alkanes of at least 4 members (excludes halogenated alkanes) is 58. The van der Waals surface area contributed by atoms with E-state index in [1.807, 2.05) is 0 Å². The number of rotatable bonds is 73. The predicted molar refractivity (Wildman–Crippen MR) is 370 cm³/mol. The SMILES string of the molecule is CCCCC/C=C\CCCCCCCC(=O)OCCCCCCCCCCCCCC/C=C\CCCCCCCCCCCCCCCCCCC(=O)NC(CO)C(O)CCCCCCCCCCCCCCCCCCCCCCCCC. The largest absolute Gasteiger partial charge is 0.466 e. The lowest BCUT2D eigenvalue weighted by molar-refractivity contribution is -0.143. The molecule has 0 saturated heterocycles. The van der Waals surface area contributed by atoms with Crippen LogP contribution in [0.3, 0.4) is 0 Å². The molecule has 6 nitrogen and oxygen atoms in total. The van der Waals surface area contributed by atoms with E-state index in [2.05, 4.69) is 43.5 Å². The van der Waals surface area contributed by atoms with Gasteiger partial charge in [-0.05, 0) is 77.0 Å². The number of allylic oxidation sites excluding steroid dienone is 4. The minimum Gasteiger partial charge on any atom is -0.466 e. The number of carbonyl (C=O) groups excluding carboxylic acids is 2. The standard InChI is InChI=1S/C78H151NO5/c1-3-5-7-9-11-13-15-17-18-19-20-21-32-35-38-41-44-47-50-54-58-62-66-70-76(81)75(74-80)79-77(82)71-67-63-59-55-51-48-45-42-39-36-33-30-28-26-24-22-23-25-27-29-31-34-37-40-43-46-49-53-57-61-65-69-73-84-78(83)72-68-64-60-56-52-16-14-12-10-8-6-4-2/h12,14,25,27,75-76,80-81H,3-11,13,15-24,26,28-74H2,1-2H3,(H,79,82)/b14-12-,27-25-. The summed E-state index contributed by atoms with van der Waals surface area (Å²) < 4.78 is 5.48. The quantitative estimate of drug-likeness (QED) is 0.0320. The summed E-state index contributed by atoms with van der Waals surface area (Å²) in [6.45, 7) is 4.97. The molecule has 0 spiro atoms. The van der Waals surface area contributed by atoms with E-state index in [9.17, 15) is 19.8 Å². The molecule has 0 rings (SSSR count). The molecular formula is C78H151NO5. The molecule has 2 atom stereocenters. The van der Waals surface area contributed by atoms with Crippen LogP contribution in [0.5, 0.6) is 0 Å². The van der Waals surface area contributed by atoms with Crippen molar-refractivity contribution in [1.82, 2.24) is 5.32 Å². The van der Waals surface area contributed by atoms with Crippen LogP contribution in [0.25, 0.3) is 0 Å². The zero-order valence-corrected chi connectivity index (χ0v) is 57.2. The average molecular weight is 1180 g/mol. The second-order valence-corrected chi connectivity index (χ2v) is 26.7. The molecule has 0 aromatic carbocycles. The predicted octanol–water partition coefficient (Wildman–Crippen LogP) is 25.3. The molecule has 0 heterocycles. The molecular weight excluding hydrogens is 1030 g/mol. The van der Waals surface area contributed by atoms with Crippen LogP contribution in [0, 0.1) is 0 Å². The number of amides is 1. The van der Waals surface area contributed by atoms with Crippen molar-refractivity contribution >= 4 is 11.9 Å². The first-order chi connectivity index (χ1) is 41.5. The summed E-state index contributed by atoms with van der Waals surface area (Å²) in [6, 6.07) is -0.541. The van der Waals surface area contributed by atoms with E-state index in [-0.39, 0.29) is 18.5 Å². The third-order valence-corrected chi connectivity index (χ3v) is 18.2. The Morgan fingerprint density at radius 1 is 0.321 bits per heavy atom. The number of ether oxygens (including phenoxy) is 1. The lowest BCUT2D eigenvalue weighted by Gasteiger charge is -2.22. The van der Waals surface area contributed by atoms with E-state index < -0.39 is 12.1 Å². The van der Waals surface area contributed by atoms with Crippen LogP contribution in [-0.2, 0) is 14.3 Å². The van der Waals surface area contributed by atoms with Crippen LogP contribution in [-0.4, -0.2) is 47.4 Å². The maximum absolute atomic E-state index is 12.6. The van der Waals surface area contributed by atoms with Crippen LogP contribution in [0.1, 0.15) is 438 Å². The Morgan fingerprint density at radius 2 is 0.560 bits per heavy atom. The molecule has 3 N–H and O–H groups in total. The molecule has 0 aliphatic heterocycles. The lowest BCUT2D eigenvalue weighted by Crippen LogP contribution is -2.45. The van der Waals surface area contributed by atoms with Gasteiger partial charge in [-0.15, -0.1) is 0 Å². The third kappa shape index (κ3) is 69.4. The van der Waals surface area contributed by atoms with E-state index in [0.29, 0.717) is 25.9 Å². The topological polar surface area (TPSA) is 95.9 Å². The van der Waals surface area contributed by atoms with Gasteiger partial charge in [0.2, 0.25) is 5.91 Å². The number of hydrogen-bond donors (Lipinski definition) is 3. The van der Waals surface area contributed by atoms with Gasteiger partial charge in [0.25, 0.3) is 0 Å². The van der Waals surface area contributed by atoms with Gasteiger partial charge in [0.05, 0.1) is 25.4 Å². The second-order valence-electron chi connectivity index (χ2n) is 26.7. The van der Waals surface area contributed by atoms with Crippen LogP contribution in [0.2, 0.25) is 0 Å². The number of aliphatic hydroxyl groups is 2. The van der Waals surface area contributed by atoms with Crippen LogP contribution < -0.4 is 5.32 Å². The summed E-state index contributed by atoms with van der Waals surface area (Å²) >= 11 is 0. The second kappa shape index (κ2) is 73.8. The lowest BCUT2D eigenvalue weighted by atomic mass is 10.0. The Kier molecular flexibility index (Phi) is 72.3. The Balaban J connectivity index is 3.36. The van der Waals surface area contributed by atoms with Crippen molar-refractivity contribution < 1.29 is 24.5 Å². The summed E-state index contributed by atoms with van der Waals surface area (Å²) in [4.78, 5) is 24.6. The van der Waals surface area contributed by atoms with Gasteiger partial charge in [-0.1, -0.05) is 372 Å². The van der Waals surface area contributed by atoms with Gasteiger partial charge in [-0.2, -0.15) is 0 Å². The van der Waals surface area contributed by atoms with Crippen molar-refractivity contribution in [3.63, 3.8) is 0 Å². The fourth-order valence-corrected chi connectivity index (χ4v) is 12.3. The zero-order valence-electron chi connectivity index (χ0n) is 57.2. The van der Waals surface area contributed by atoms with E-state index >= 15 is 0 Å². The molecule has 0 fully saturated rings. The molecule has 0 aromatic heterocycles. The monoisotopic (exact) mass is 1180 g/mol. The van der Waals surface area contributed by atoms with Gasteiger partial charge in [-0.3, -0.25) is 9.59 Å². The number of hydrogen-bond acceptors (Lipinski definition) is 5. The molecule has 0 aliphatic rings. The highest BCUT2D eigenvalue weighted by Crippen LogP contribution is 2.20. The summed E-state index contributed by atoms with van der Waals surface area (Å²) in [5, 5.41) is 23.5. The minimum absolute atomic E-state index is 0.00889. The highest BCUT2D eigenvalue weighted by Gasteiger charge is 2.20. The summed E-state index contributed by atoms with van der Waals surface area (Å²) in [7, 11) is 0. The van der Waals surface area contributed by atoms with Gasteiger partial charge in [-0.25, -0.2) is 0 Å². The summed E-state index contributed by atoms with van der Waals surface area (Å²) in [5.41, 5.74) is 0. The van der Waals surface area contributed by atoms with Gasteiger partial charge in [0.1, 0.15) is 0 Å². The highest BCUT2D eigenvalue weighted by atomic mass is 16.5. The molecule has 1 amide bonds. The minimum atomic E-state index is -0.664. The Bertz CT molecular complexity index is 1320. The normalized spacial score (nSPS) is 12.6. The number of carbonyl (C=O) groups is 2. The maximum Gasteiger partial charge on any atom is 0.305 e. The molecule has 0 radical (unpaired) electrons. The average Bonchev–Trinajstić information content (AvgIpc) is 3.52. The van der Waals surface area contributed by atoms with Crippen molar-refractivity contribution in [2.24, 2.45) is 0 Å². The molecule has 84 heavy (non-hydrogen) atoms. The first-order valence-corrected chi connectivity index (χ1v) is 38.6. The van der Waals surface area contributed by atoms with Crippen LogP contribution >= 0.6 is 0 Å². The highest BCUT2D eigenvalue weighted by molar-refractivity contribution is 5.76. The first-order valence-electron chi connectivity index (χ1n) is 38.6. The summed E-state index contributed by atoms with van der Waals surface area (Å²) in [6.07, 6.45) is 94.0. The Morgan fingerprint density at radius 3 is 0.869 bits per heavy atom. The van der Waals surface area contributed by atoms with Crippen molar-refractivity contribution in [1.29, 1.82) is 0 Å². The smallest absolute Gasteiger partial charge is 0.305 e. The van der Waals surface area contributed by atoms with E-state index in [1.165, 1.54) is 360 Å². The van der Waals surface area contributed by atoms with Crippen LogP contribution in [0.4, 0.5) is 0 Å². The van der Waals surface area contributed by atoms with Gasteiger partial charge < -0.3 is 20.3 Å². The van der Waals surface area contributed by atoms with Crippen molar-refractivity contribution in [2.75, 3.05) is 13.2 Å². The number of aliphatic hydroxyl groups excluding tert-OH is 2. The molecule has 0 bridgehead atoms. The van der Waals surface area contributed by atoms with Crippen molar-refractivity contribution in [3.8, 4) is 0 Å². The molecule has 0 aromatic rings. The van der Waals surface area contributed by atoms with Crippen LogP contribution in [0.15, 0.2) is 24.3 Å². The maximum atomic E-state index is 12.6. The Labute approximate surface area is 526 Å². The van der Waals surface area contributed by atoms with Gasteiger partial charge >= 0.3 is 5.97 Å². The van der Waals surface area contributed by atoms with E-state index in [1.54, 1.807) is 0 Å². The molecule has 0 saturated carbocycles. The molecule has 0 aliphatic carbocycles. The molecule has 498 valence electrons. The Hall–Kier alpha value is -1.66. The molecule has 2 unspecified atom stereocenters. The fourth-order valence-electron chi connectivity index (χ4n) is 12.3. The van der Waals surface area contributed by atoms with E-state index in [0.717, 1.165) is 44.9 Å². The number of nitrogens with one attached hydrogen (secondary N) is 1. The van der Waals surface area contributed by atoms with E-state index in [4.69, 9.17) is 4.74 Å².